The van der Waals surface area contributed by atoms with Gasteiger partial charge in [-0.05, 0) is 49.2 Å². The molecule has 0 heterocycles. The molecule has 0 atom stereocenters. The summed E-state index contributed by atoms with van der Waals surface area (Å²) in [5.74, 6) is 0.881. The van der Waals surface area contributed by atoms with E-state index in [-0.39, 0.29) is 0 Å². The lowest BCUT2D eigenvalue weighted by Crippen LogP contribution is -1.81. The van der Waals surface area contributed by atoms with Crippen LogP contribution in [0.5, 0.6) is 5.75 Å². The molecule has 0 N–H and O–H groups in total. The number of rotatable bonds is 4. The summed E-state index contributed by atoms with van der Waals surface area (Å²) in [6.45, 7) is 4.18. The molecule has 0 spiro atoms. The molecule has 0 aliphatic carbocycles. The van der Waals surface area contributed by atoms with Gasteiger partial charge in [-0.15, -0.1) is 5.73 Å². The van der Waals surface area contributed by atoms with Gasteiger partial charge in [0, 0.05) is 9.80 Å². The van der Waals surface area contributed by atoms with E-state index in [1.54, 1.807) is 18.9 Å². The van der Waals surface area contributed by atoms with Gasteiger partial charge in [-0.1, -0.05) is 42.1 Å². The van der Waals surface area contributed by atoms with E-state index in [0.717, 1.165) is 16.2 Å². The number of hydrogen-bond donors (Lipinski definition) is 0. The van der Waals surface area contributed by atoms with E-state index in [2.05, 4.69) is 43.8 Å². The number of methoxy groups -OCH3 is 1. The Balaban J connectivity index is 2.17. The molecule has 20 heavy (non-hydrogen) atoms. The molecule has 0 aromatic heterocycles. The van der Waals surface area contributed by atoms with E-state index < -0.39 is 0 Å². The zero-order valence-corrected chi connectivity index (χ0v) is 12.8. The third kappa shape index (κ3) is 4.06. The lowest BCUT2D eigenvalue weighted by Gasteiger charge is -2.03. The van der Waals surface area contributed by atoms with Crippen molar-refractivity contribution in [3.63, 3.8) is 0 Å². The van der Waals surface area contributed by atoms with Gasteiger partial charge in [-0.3, -0.25) is 0 Å². The van der Waals surface area contributed by atoms with Crippen molar-refractivity contribution in [2.24, 2.45) is 0 Å². The minimum Gasteiger partial charge on any atom is -0.497 e. The van der Waals surface area contributed by atoms with Crippen LogP contribution in [0.25, 0.3) is 5.57 Å². The molecule has 0 bridgehead atoms. The first-order valence-electron chi connectivity index (χ1n) is 6.50. The molecule has 0 fully saturated rings. The molecule has 0 amide bonds. The zero-order chi connectivity index (χ0) is 14.4. The molecule has 0 unspecified atom stereocenters. The summed E-state index contributed by atoms with van der Waals surface area (Å²) in [6.07, 6.45) is 0. The van der Waals surface area contributed by atoms with Gasteiger partial charge in [0.05, 0.1) is 7.11 Å². The summed E-state index contributed by atoms with van der Waals surface area (Å²) >= 11 is 1.71. The minimum atomic E-state index is 0.881. The molecule has 0 saturated heterocycles. The van der Waals surface area contributed by atoms with Crippen molar-refractivity contribution in [2.75, 3.05) is 7.11 Å². The second kappa shape index (κ2) is 7.04. The molecular weight excluding hydrogens is 264 g/mol. The minimum absolute atomic E-state index is 0.881. The van der Waals surface area contributed by atoms with Crippen molar-refractivity contribution in [1.29, 1.82) is 0 Å². The van der Waals surface area contributed by atoms with Gasteiger partial charge in [0.2, 0.25) is 0 Å². The zero-order valence-electron chi connectivity index (χ0n) is 12.0. The second-order valence-electron chi connectivity index (χ2n) is 4.45. The van der Waals surface area contributed by atoms with Crippen LogP contribution >= 0.6 is 11.8 Å². The topological polar surface area (TPSA) is 9.23 Å². The van der Waals surface area contributed by atoms with Gasteiger partial charge < -0.3 is 4.74 Å². The van der Waals surface area contributed by atoms with Crippen LogP contribution in [0.4, 0.5) is 0 Å². The largest absolute Gasteiger partial charge is 0.497 e. The van der Waals surface area contributed by atoms with E-state index in [9.17, 15) is 0 Å². The fraction of sp³-hybridized carbons (Fsp3) is 0.167. The highest BCUT2D eigenvalue weighted by Crippen LogP contribution is 2.28. The van der Waals surface area contributed by atoms with Gasteiger partial charge in [0.1, 0.15) is 5.75 Å². The Hall–Kier alpha value is -1.89. The number of thioether (sulfide) groups is 1. The van der Waals surface area contributed by atoms with Gasteiger partial charge in [0.25, 0.3) is 0 Å². The second-order valence-corrected chi connectivity index (χ2v) is 5.74. The van der Waals surface area contributed by atoms with Crippen molar-refractivity contribution in [1.82, 2.24) is 0 Å². The maximum absolute atomic E-state index is 5.16. The monoisotopic (exact) mass is 282 g/mol. The Morgan fingerprint density at radius 1 is 0.950 bits per heavy atom. The normalized spacial score (nSPS) is 9.75. The fourth-order valence-electron chi connectivity index (χ4n) is 1.87. The van der Waals surface area contributed by atoms with E-state index in [1.165, 1.54) is 10.5 Å². The molecule has 102 valence electrons. The summed E-state index contributed by atoms with van der Waals surface area (Å²) in [7, 11) is 1.68. The van der Waals surface area contributed by atoms with Crippen LogP contribution in [-0.4, -0.2) is 7.11 Å². The van der Waals surface area contributed by atoms with Crippen LogP contribution in [-0.2, 0) is 0 Å². The van der Waals surface area contributed by atoms with Crippen LogP contribution in [0.2, 0.25) is 0 Å². The number of ether oxygens (including phenoxy) is 1. The van der Waals surface area contributed by atoms with Crippen LogP contribution in [0.1, 0.15) is 19.4 Å². The molecule has 1 nitrogen and oxygen atoms in total. The quantitative estimate of drug-likeness (QED) is 0.549. The first-order valence-corrected chi connectivity index (χ1v) is 7.32. The molecule has 2 aromatic carbocycles. The highest BCUT2D eigenvalue weighted by molar-refractivity contribution is 8.03. The summed E-state index contributed by atoms with van der Waals surface area (Å²) in [5, 5.41) is 0. The molecule has 0 saturated carbocycles. The number of hydrogen-bond acceptors (Lipinski definition) is 2. The molecule has 2 heteroatoms. The maximum Gasteiger partial charge on any atom is 0.118 e. The Morgan fingerprint density at radius 2 is 1.60 bits per heavy atom. The predicted octanol–water partition coefficient (Wildman–Crippen LogP) is 5.39. The summed E-state index contributed by atoms with van der Waals surface area (Å²) < 4.78 is 5.16. The molecule has 0 aliphatic rings. The average molecular weight is 282 g/mol. The van der Waals surface area contributed by atoms with Gasteiger partial charge in [-0.25, -0.2) is 0 Å². The average Bonchev–Trinajstić information content (AvgIpc) is 2.49. The SMILES string of the molecule is COc1ccc(SC(C)=C=C(C)c2ccccc2)cc1. The highest BCUT2D eigenvalue weighted by Gasteiger charge is 1.98. The van der Waals surface area contributed by atoms with Crippen molar-refractivity contribution >= 4 is 17.3 Å². The molecule has 2 rings (SSSR count). The van der Waals surface area contributed by atoms with E-state index >= 15 is 0 Å². The van der Waals surface area contributed by atoms with Crippen LogP contribution in [0.3, 0.4) is 0 Å². The first-order chi connectivity index (χ1) is 9.69. The maximum atomic E-state index is 5.16. The van der Waals surface area contributed by atoms with Crippen molar-refractivity contribution in [2.45, 2.75) is 18.7 Å². The number of benzene rings is 2. The van der Waals surface area contributed by atoms with Crippen molar-refractivity contribution in [3.8, 4) is 5.75 Å². The van der Waals surface area contributed by atoms with Crippen LogP contribution in [0, 0.1) is 0 Å². The van der Waals surface area contributed by atoms with E-state index in [0.29, 0.717) is 0 Å². The predicted molar refractivity (Wildman–Crippen MR) is 87.1 cm³/mol. The molecular formula is C18H18OS. The molecule has 2 aromatic rings. The third-order valence-electron chi connectivity index (χ3n) is 2.90. The fourth-order valence-corrected chi connectivity index (χ4v) is 2.70. The summed E-state index contributed by atoms with van der Waals surface area (Å²) in [5.41, 5.74) is 5.81. The van der Waals surface area contributed by atoms with Crippen molar-refractivity contribution < 1.29 is 4.74 Å². The summed E-state index contributed by atoms with van der Waals surface area (Å²) in [4.78, 5) is 2.34. The van der Waals surface area contributed by atoms with Gasteiger partial charge in [-0.2, -0.15) is 0 Å². The Morgan fingerprint density at radius 3 is 2.20 bits per heavy atom. The van der Waals surface area contributed by atoms with E-state index in [4.69, 9.17) is 4.74 Å². The Kier molecular flexibility index (Phi) is 5.11. The van der Waals surface area contributed by atoms with Crippen LogP contribution < -0.4 is 4.74 Å². The standard InChI is InChI=1S/C18H18OS/c1-14(16-7-5-4-6-8-16)13-15(2)20-18-11-9-17(19-3)10-12-18/h4-12H,1-3H3. The van der Waals surface area contributed by atoms with E-state index in [1.807, 2.05) is 30.3 Å². The van der Waals surface area contributed by atoms with Gasteiger partial charge in [0.15, 0.2) is 0 Å². The van der Waals surface area contributed by atoms with Crippen LogP contribution in [0.15, 0.2) is 70.1 Å². The number of allylic oxidation sites excluding steroid dienone is 1. The first kappa shape index (κ1) is 14.5. The van der Waals surface area contributed by atoms with Gasteiger partial charge >= 0.3 is 0 Å². The third-order valence-corrected chi connectivity index (χ3v) is 3.82. The molecule has 0 aliphatic heterocycles. The highest BCUT2D eigenvalue weighted by atomic mass is 32.2. The smallest absolute Gasteiger partial charge is 0.118 e. The Bertz CT molecular complexity index is 620. The Labute approximate surface area is 125 Å². The molecule has 0 radical (unpaired) electrons. The van der Waals surface area contributed by atoms with Crippen molar-refractivity contribution in [3.05, 3.63) is 70.8 Å². The summed E-state index contributed by atoms with van der Waals surface area (Å²) in [6, 6.07) is 18.4. The lowest BCUT2D eigenvalue weighted by molar-refractivity contribution is 0.414. The lowest BCUT2D eigenvalue weighted by atomic mass is 10.1.